The molecule has 3 rings (SSSR count). The minimum Gasteiger partial charge on any atom is -0.478 e. The van der Waals surface area contributed by atoms with Crippen molar-refractivity contribution in [2.24, 2.45) is 0 Å². The first-order valence-electron chi connectivity index (χ1n) is 5.54. The summed E-state index contributed by atoms with van der Waals surface area (Å²) in [6.45, 7) is 0. The van der Waals surface area contributed by atoms with E-state index in [1.165, 1.54) is 4.90 Å². The molecule has 0 spiro atoms. The van der Waals surface area contributed by atoms with Crippen LogP contribution in [0.3, 0.4) is 0 Å². The molecular weight excluding hydrogens is 236 g/mol. The number of carboxylic acid groups (broad SMARTS) is 1. The summed E-state index contributed by atoms with van der Waals surface area (Å²) in [5.41, 5.74) is -0.932. The number of carbonyl (C=O) groups is 3. The van der Waals surface area contributed by atoms with E-state index in [4.69, 9.17) is 0 Å². The first-order valence-corrected chi connectivity index (χ1v) is 5.54. The van der Waals surface area contributed by atoms with Crippen molar-refractivity contribution in [3.8, 4) is 0 Å². The van der Waals surface area contributed by atoms with E-state index in [1.807, 2.05) is 0 Å². The third-order valence-electron chi connectivity index (χ3n) is 3.40. The van der Waals surface area contributed by atoms with Crippen molar-refractivity contribution in [1.82, 2.24) is 5.32 Å². The first kappa shape index (κ1) is 10.8. The Kier molecular flexibility index (Phi) is 1.98. The van der Waals surface area contributed by atoms with Crippen LogP contribution in [0.15, 0.2) is 24.3 Å². The maximum atomic E-state index is 11.9. The quantitative estimate of drug-likeness (QED) is 0.748. The number of carboxylic acids is 1. The van der Waals surface area contributed by atoms with E-state index >= 15 is 0 Å². The third-order valence-corrected chi connectivity index (χ3v) is 3.40. The van der Waals surface area contributed by atoms with Crippen molar-refractivity contribution >= 4 is 23.5 Å². The molecule has 0 aliphatic carbocycles. The molecule has 2 heterocycles. The molecule has 1 fully saturated rings. The number of amides is 2. The summed E-state index contributed by atoms with van der Waals surface area (Å²) in [4.78, 5) is 36.5. The molecule has 0 bridgehead atoms. The lowest BCUT2D eigenvalue weighted by Crippen LogP contribution is -2.66. The number of para-hydroxylation sites is 1. The van der Waals surface area contributed by atoms with Crippen molar-refractivity contribution in [2.45, 2.75) is 18.5 Å². The van der Waals surface area contributed by atoms with E-state index in [9.17, 15) is 19.5 Å². The minimum absolute atomic E-state index is 0.0846. The number of nitrogens with one attached hydrogen (secondary N) is 1. The van der Waals surface area contributed by atoms with Gasteiger partial charge in [-0.25, -0.2) is 4.79 Å². The number of nitrogens with zero attached hydrogens (tertiary/aromatic N) is 1. The highest BCUT2D eigenvalue weighted by Crippen LogP contribution is 2.39. The number of rotatable bonds is 1. The molecule has 18 heavy (non-hydrogen) atoms. The highest BCUT2D eigenvalue weighted by molar-refractivity contribution is 6.15. The molecule has 0 aromatic heterocycles. The second-order valence-electron chi connectivity index (χ2n) is 4.37. The monoisotopic (exact) mass is 246 g/mol. The van der Waals surface area contributed by atoms with Crippen molar-refractivity contribution in [2.75, 3.05) is 4.90 Å². The number of fused-ring (bicyclic) bond motifs is 3. The lowest BCUT2D eigenvalue weighted by molar-refractivity contribution is -0.144. The molecule has 1 atom stereocenters. The third kappa shape index (κ3) is 1.14. The van der Waals surface area contributed by atoms with Gasteiger partial charge in [0.2, 0.25) is 11.6 Å². The molecule has 2 aliphatic heterocycles. The summed E-state index contributed by atoms with van der Waals surface area (Å²) in [5.74, 6) is -1.96. The van der Waals surface area contributed by atoms with Crippen LogP contribution in [0, 0.1) is 0 Å². The molecule has 6 heteroatoms. The highest BCUT2D eigenvalue weighted by Gasteiger charge is 2.56. The zero-order valence-electron chi connectivity index (χ0n) is 9.34. The predicted octanol–water partition coefficient (Wildman–Crippen LogP) is 0.338. The Morgan fingerprint density at radius 3 is 2.78 bits per heavy atom. The van der Waals surface area contributed by atoms with Crippen LogP contribution in [0.5, 0.6) is 0 Å². The van der Waals surface area contributed by atoms with Crippen LogP contribution in [0.1, 0.15) is 23.2 Å². The summed E-state index contributed by atoms with van der Waals surface area (Å²) in [7, 11) is 0. The first-order chi connectivity index (χ1) is 8.56. The van der Waals surface area contributed by atoms with E-state index in [0.717, 1.165) is 0 Å². The van der Waals surface area contributed by atoms with Crippen LogP contribution in [0.4, 0.5) is 5.69 Å². The van der Waals surface area contributed by atoms with Crippen molar-refractivity contribution in [1.29, 1.82) is 0 Å². The maximum absolute atomic E-state index is 11.9. The Morgan fingerprint density at radius 2 is 2.06 bits per heavy atom. The predicted molar refractivity (Wildman–Crippen MR) is 61.0 cm³/mol. The molecule has 0 unspecified atom stereocenters. The van der Waals surface area contributed by atoms with Crippen LogP contribution in [0.2, 0.25) is 0 Å². The fourth-order valence-electron chi connectivity index (χ4n) is 2.55. The van der Waals surface area contributed by atoms with Gasteiger partial charge >= 0.3 is 5.97 Å². The van der Waals surface area contributed by atoms with Crippen LogP contribution in [-0.4, -0.2) is 28.6 Å². The molecule has 2 aliphatic rings. The summed E-state index contributed by atoms with van der Waals surface area (Å²) in [6.07, 6.45) is 0.197. The second-order valence-corrected chi connectivity index (χ2v) is 4.37. The highest BCUT2D eigenvalue weighted by atomic mass is 16.4. The fourth-order valence-corrected chi connectivity index (χ4v) is 2.55. The van der Waals surface area contributed by atoms with Gasteiger partial charge in [0.15, 0.2) is 0 Å². The molecule has 0 radical (unpaired) electrons. The molecule has 6 nitrogen and oxygen atoms in total. The largest absolute Gasteiger partial charge is 0.478 e. The van der Waals surface area contributed by atoms with Gasteiger partial charge in [-0.15, -0.1) is 0 Å². The molecule has 1 aromatic carbocycles. The smallest absolute Gasteiger partial charge is 0.351 e. The Labute approximate surface area is 102 Å². The molecule has 0 saturated carbocycles. The van der Waals surface area contributed by atoms with E-state index in [2.05, 4.69) is 5.32 Å². The van der Waals surface area contributed by atoms with Gasteiger partial charge in [-0.05, 0) is 12.1 Å². The Bertz CT molecular complexity index is 583. The van der Waals surface area contributed by atoms with Crippen LogP contribution >= 0.6 is 0 Å². The van der Waals surface area contributed by atoms with E-state index < -0.39 is 17.5 Å². The van der Waals surface area contributed by atoms with Gasteiger partial charge in [0.1, 0.15) is 0 Å². The summed E-state index contributed by atoms with van der Waals surface area (Å²) < 4.78 is 0. The number of hydrogen-bond donors (Lipinski definition) is 2. The zero-order chi connectivity index (χ0) is 12.9. The summed E-state index contributed by atoms with van der Waals surface area (Å²) >= 11 is 0. The maximum Gasteiger partial charge on any atom is 0.351 e. The number of aliphatic carboxylic acids is 1. The van der Waals surface area contributed by atoms with Gasteiger partial charge < -0.3 is 10.4 Å². The second kappa shape index (κ2) is 3.32. The molecule has 1 saturated heterocycles. The van der Waals surface area contributed by atoms with Gasteiger partial charge in [-0.3, -0.25) is 14.5 Å². The van der Waals surface area contributed by atoms with Crippen molar-refractivity contribution < 1.29 is 19.5 Å². The molecule has 92 valence electrons. The number of carbonyl (C=O) groups excluding carboxylic acids is 2. The van der Waals surface area contributed by atoms with Gasteiger partial charge in [0.25, 0.3) is 5.91 Å². The van der Waals surface area contributed by atoms with E-state index in [1.54, 1.807) is 24.3 Å². The van der Waals surface area contributed by atoms with Crippen molar-refractivity contribution in [3.63, 3.8) is 0 Å². The van der Waals surface area contributed by atoms with Crippen LogP contribution < -0.4 is 10.2 Å². The molecular formula is C12H10N2O4. The SMILES string of the molecule is O=C1N[C@]2(C(=O)O)CCC(=O)N2c2ccccc21. The summed E-state index contributed by atoms with van der Waals surface area (Å²) in [5, 5.41) is 11.8. The van der Waals surface area contributed by atoms with Gasteiger partial charge in [-0.2, -0.15) is 0 Å². The van der Waals surface area contributed by atoms with Gasteiger partial charge in [0, 0.05) is 12.8 Å². The van der Waals surface area contributed by atoms with Crippen LogP contribution in [0.25, 0.3) is 0 Å². The Morgan fingerprint density at radius 1 is 1.33 bits per heavy atom. The van der Waals surface area contributed by atoms with Crippen LogP contribution in [-0.2, 0) is 9.59 Å². The van der Waals surface area contributed by atoms with Gasteiger partial charge in [0.05, 0.1) is 11.3 Å². The Balaban J connectivity index is 2.25. The topological polar surface area (TPSA) is 86.7 Å². The number of benzene rings is 1. The number of anilines is 1. The summed E-state index contributed by atoms with van der Waals surface area (Å²) in [6, 6.07) is 6.51. The van der Waals surface area contributed by atoms with E-state index in [-0.39, 0.29) is 18.7 Å². The zero-order valence-corrected chi connectivity index (χ0v) is 9.34. The lowest BCUT2D eigenvalue weighted by Gasteiger charge is -2.39. The minimum atomic E-state index is -1.62. The standard InChI is InChI=1S/C12H10N2O4/c15-9-5-6-12(11(17)18)13-10(16)7-3-1-2-4-8(7)14(9)12/h1-4H,5-6H2,(H,13,16)(H,17,18)/t12-/m1/s1. The Hall–Kier alpha value is -2.37. The molecule has 2 amide bonds. The van der Waals surface area contributed by atoms with E-state index in [0.29, 0.717) is 11.3 Å². The van der Waals surface area contributed by atoms with Crippen molar-refractivity contribution in [3.05, 3.63) is 29.8 Å². The average Bonchev–Trinajstić information content (AvgIpc) is 2.69. The lowest BCUT2D eigenvalue weighted by atomic mass is 10.00. The molecule has 1 aromatic rings. The normalized spacial score (nSPS) is 25.4. The average molecular weight is 246 g/mol. The fraction of sp³-hybridized carbons (Fsp3) is 0.250. The number of hydrogen-bond acceptors (Lipinski definition) is 3. The van der Waals surface area contributed by atoms with Gasteiger partial charge in [-0.1, -0.05) is 12.1 Å². The molecule has 2 N–H and O–H groups in total.